The Kier molecular flexibility index (Phi) is 5.70. The van der Waals surface area contributed by atoms with Crippen molar-refractivity contribution in [2.45, 2.75) is 13.0 Å². The molecule has 2 N–H and O–H groups in total. The van der Waals surface area contributed by atoms with Gasteiger partial charge >= 0.3 is 0 Å². The summed E-state index contributed by atoms with van der Waals surface area (Å²) in [4.78, 5) is 21.1. The summed E-state index contributed by atoms with van der Waals surface area (Å²) >= 11 is 0. The average molecular weight is 376 g/mol. The number of nitrogens with zero attached hydrogens (tertiary/aromatic N) is 3. The van der Waals surface area contributed by atoms with Gasteiger partial charge in [0.15, 0.2) is 11.5 Å². The summed E-state index contributed by atoms with van der Waals surface area (Å²) in [6.45, 7) is 0.283. The lowest BCUT2D eigenvalue weighted by atomic mass is 9.98. The maximum Gasteiger partial charge on any atom is 0.209 e. The first kappa shape index (κ1) is 19.1. The molecule has 2 aromatic rings. The monoisotopic (exact) mass is 376 g/mol. The Balaban J connectivity index is 1.71. The van der Waals surface area contributed by atoms with Crippen molar-refractivity contribution in [3.05, 3.63) is 53.6 Å². The van der Waals surface area contributed by atoms with E-state index < -0.39 is 5.92 Å². The molecule has 0 saturated heterocycles. The van der Waals surface area contributed by atoms with Gasteiger partial charge in [0.1, 0.15) is 11.8 Å². The molecular weight excluding hydrogens is 356 g/mol. The van der Waals surface area contributed by atoms with Gasteiger partial charge in [0.05, 0.1) is 38.2 Å². The van der Waals surface area contributed by atoms with Crippen LogP contribution in [0, 0.1) is 17.2 Å². The normalized spacial score (nSPS) is 14.1. The van der Waals surface area contributed by atoms with Crippen molar-refractivity contribution >= 4 is 23.0 Å². The third-order valence-corrected chi connectivity index (χ3v) is 4.47. The van der Waals surface area contributed by atoms with E-state index in [4.69, 9.17) is 15.2 Å². The number of carbonyl (C=O) groups excluding carboxylic acids is 1. The van der Waals surface area contributed by atoms with Crippen LogP contribution >= 0.6 is 0 Å². The molecule has 0 saturated carbocycles. The molecule has 1 unspecified atom stereocenters. The van der Waals surface area contributed by atoms with Crippen molar-refractivity contribution in [2.75, 3.05) is 14.2 Å². The highest BCUT2D eigenvalue weighted by molar-refractivity contribution is 6.50. The number of nitrogens with two attached hydrogens (primary N) is 1. The van der Waals surface area contributed by atoms with Crippen LogP contribution in [0.2, 0.25) is 0 Å². The number of hydrogen-bond donors (Lipinski definition) is 1. The van der Waals surface area contributed by atoms with Crippen LogP contribution in [0.5, 0.6) is 11.5 Å². The standard InChI is InChI=1S/C21H20N4O3/c1-27-18-8-7-13(9-19(18)28-2)12-24-21(23)14(11-22)10-17-20(26)15-5-3-4-6-16(15)25-17/h3-9,14H,10,12H2,1-2H3,(H2,23,24). The number of nitriles is 1. The molecule has 0 aliphatic carbocycles. The molecule has 28 heavy (non-hydrogen) atoms. The van der Waals surface area contributed by atoms with Crippen LogP contribution in [-0.2, 0) is 6.54 Å². The molecule has 1 heterocycles. The van der Waals surface area contributed by atoms with Gasteiger partial charge in [0, 0.05) is 12.0 Å². The van der Waals surface area contributed by atoms with E-state index in [9.17, 15) is 10.1 Å². The van der Waals surface area contributed by atoms with E-state index >= 15 is 0 Å². The SMILES string of the molecule is COc1ccc(CN=C(N)C(C#N)CC2=Nc3ccccc3C2=O)cc1OC. The molecule has 0 radical (unpaired) electrons. The Morgan fingerprint density at radius 2 is 1.96 bits per heavy atom. The van der Waals surface area contributed by atoms with Crippen LogP contribution in [0.1, 0.15) is 22.3 Å². The zero-order valence-electron chi connectivity index (χ0n) is 15.7. The first-order valence-corrected chi connectivity index (χ1v) is 8.69. The third kappa shape index (κ3) is 3.86. The van der Waals surface area contributed by atoms with Gasteiger partial charge in [0.2, 0.25) is 5.78 Å². The topological polar surface area (TPSA) is 110 Å². The summed E-state index contributed by atoms with van der Waals surface area (Å²) in [6, 6.07) is 14.7. The largest absolute Gasteiger partial charge is 0.493 e. The highest BCUT2D eigenvalue weighted by atomic mass is 16.5. The van der Waals surface area contributed by atoms with E-state index in [0.717, 1.165) is 5.56 Å². The number of amidine groups is 1. The lowest BCUT2D eigenvalue weighted by Crippen LogP contribution is -2.27. The molecule has 142 valence electrons. The Labute approximate surface area is 163 Å². The third-order valence-electron chi connectivity index (χ3n) is 4.47. The minimum absolute atomic E-state index is 0.130. The molecule has 1 aliphatic rings. The number of methoxy groups -OCH3 is 2. The van der Waals surface area contributed by atoms with Gasteiger partial charge < -0.3 is 15.2 Å². The molecule has 0 spiro atoms. The second-order valence-electron chi connectivity index (χ2n) is 6.22. The van der Waals surface area contributed by atoms with Crippen molar-refractivity contribution in [3.63, 3.8) is 0 Å². The highest BCUT2D eigenvalue weighted by Gasteiger charge is 2.27. The summed E-state index contributed by atoms with van der Waals surface area (Å²) in [7, 11) is 3.12. The van der Waals surface area contributed by atoms with Crippen molar-refractivity contribution in [1.82, 2.24) is 0 Å². The fourth-order valence-electron chi connectivity index (χ4n) is 2.93. The molecule has 1 aliphatic heterocycles. The lowest BCUT2D eigenvalue weighted by Gasteiger charge is -2.10. The van der Waals surface area contributed by atoms with Crippen molar-refractivity contribution in [2.24, 2.45) is 21.6 Å². The molecular formula is C21H20N4O3. The average Bonchev–Trinajstić information content (AvgIpc) is 3.05. The minimum Gasteiger partial charge on any atom is -0.493 e. The van der Waals surface area contributed by atoms with E-state index in [0.29, 0.717) is 28.5 Å². The highest BCUT2D eigenvalue weighted by Crippen LogP contribution is 2.29. The fourth-order valence-corrected chi connectivity index (χ4v) is 2.93. The maximum atomic E-state index is 12.4. The molecule has 0 aromatic heterocycles. The van der Waals surface area contributed by atoms with E-state index in [1.165, 1.54) is 0 Å². The molecule has 0 fully saturated rings. The van der Waals surface area contributed by atoms with Gasteiger partial charge in [-0.15, -0.1) is 0 Å². The van der Waals surface area contributed by atoms with Gasteiger partial charge in [0.25, 0.3) is 0 Å². The van der Waals surface area contributed by atoms with Crippen LogP contribution < -0.4 is 15.2 Å². The van der Waals surface area contributed by atoms with Gasteiger partial charge in [-0.1, -0.05) is 18.2 Å². The number of Topliss-reactive ketones (excluding diaryl/α,β-unsaturated/α-hetero) is 1. The van der Waals surface area contributed by atoms with Gasteiger partial charge in [-0.3, -0.25) is 9.79 Å². The Bertz CT molecular complexity index is 1000. The molecule has 7 heteroatoms. The van der Waals surface area contributed by atoms with Crippen molar-refractivity contribution in [1.29, 1.82) is 5.26 Å². The number of rotatable bonds is 7. The minimum atomic E-state index is -0.725. The number of para-hydroxylation sites is 1. The molecule has 3 rings (SSSR count). The molecule has 1 atom stereocenters. The molecule has 7 nitrogen and oxygen atoms in total. The van der Waals surface area contributed by atoms with Crippen LogP contribution in [-0.4, -0.2) is 31.6 Å². The van der Waals surface area contributed by atoms with Crippen molar-refractivity contribution < 1.29 is 14.3 Å². The summed E-state index contributed by atoms with van der Waals surface area (Å²) in [6.07, 6.45) is 0.130. The first-order chi connectivity index (χ1) is 13.6. The van der Waals surface area contributed by atoms with Crippen LogP contribution in [0.4, 0.5) is 5.69 Å². The van der Waals surface area contributed by atoms with Gasteiger partial charge in [-0.05, 0) is 29.8 Å². The molecule has 0 bridgehead atoms. The van der Waals surface area contributed by atoms with E-state index in [-0.39, 0.29) is 24.6 Å². The Hall–Kier alpha value is -3.66. The second kappa shape index (κ2) is 8.35. The van der Waals surface area contributed by atoms with E-state index in [1.807, 2.05) is 12.1 Å². The second-order valence-corrected chi connectivity index (χ2v) is 6.22. The number of fused-ring (bicyclic) bond motifs is 1. The molecule has 2 aromatic carbocycles. The predicted molar refractivity (Wildman–Crippen MR) is 106 cm³/mol. The first-order valence-electron chi connectivity index (χ1n) is 8.69. The summed E-state index contributed by atoms with van der Waals surface area (Å²) in [5.41, 5.74) is 8.40. The number of benzene rings is 2. The number of hydrogen-bond acceptors (Lipinski definition) is 6. The number of carbonyl (C=O) groups is 1. The Morgan fingerprint density at radius 3 is 2.64 bits per heavy atom. The quantitative estimate of drug-likeness (QED) is 0.590. The number of aliphatic imine (C=N–C) groups is 2. The molecule has 0 amide bonds. The Morgan fingerprint density at radius 1 is 1.21 bits per heavy atom. The summed E-state index contributed by atoms with van der Waals surface area (Å²) in [5.74, 6) is 0.495. The lowest BCUT2D eigenvalue weighted by molar-refractivity contribution is 0.106. The smallest absolute Gasteiger partial charge is 0.209 e. The maximum absolute atomic E-state index is 12.4. The zero-order chi connectivity index (χ0) is 20.1. The number of ketones is 1. The van der Waals surface area contributed by atoms with Crippen LogP contribution in [0.3, 0.4) is 0 Å². The predicted octanol–water partition coefficient (Wildman–Crippen LogP) is 3.06. The summed E-state index contributed by atoms with van der Waals surface area (Å²) < 4.78 is 10.5. The number of ether oxygens (including phenoxy) is 2. The van der Waals surface area contributed by atoms with E-state index in [2.05, 4.69) is 16.1 Å². The van der Waals surface area contributed by atoms with Crippen molar-refractivity contribution in [3.8, 4) is 17.6 Å². The zero-order valence-corrected chi connectivity index (χ0v) is 15.7. The van der Waals surface area contributed by atoms with Gasteiger partial charge in [-0.2, -0.15) is 5.26 Å². The van der Waals surface area contributed by atoms with Crippen LogP contribution in [0.25, 0.3) is 0 Å². The van der Waals surface area contributed by atoms with E-state index in [1.54, 1.807) is 44.6 Å². The van der Waals surface area contributed by atoms with Crippen LogP contribution in [0.15, 0.2) is 52.4 Å². The fraction of sp³-hybridized carbons (Fsp3) is 0.238. The van der Waals surface area contributed by atoms with Gasteiger partial charge in [-0.25, -0.2) is 4.99 Å². The summed E-state index contributed by atoms with van der Waals surface area (Å²) in [5, 5.41) is 9.49.